The Balaban J connectivity index is 0.00000204. The number of nitrogens with zero attached hydrogens (tertiary/aromatic N) is 3. The Morgan fingerprint density at radius 3 is 2.44 bits per heavy atom. The van der Waals surface area contributed by atoms with Gasteiger partial charge in [-0.15, -0.1) is 24.8 Å². The molecule has 0 radical (unpaired) electrons. The van der Waals surface area contributed by atoms with Crippen LogP contribution in [-0.2, 0) is 0 Å². The molecule has 1 fully saturated rings. The molecule has 0 aliphatic heterocycles. The summed E-state index contributed by atoms with van der Waals surface area (Å²) in [5.74, 6) is 1.69. The number of rotatable bonds is 5. The summed E-state index contributed by atoms with van der Waals surface area (Å²) in [5.41, 5.74) is 14.3. The van der Waals surface area contributed by atoms with Crippen LogP contribution in [-0.4, -0.2) is 35.1 Å². The number of nitrogens with two attached hydrogens (primary N) is 2. The Kier molecular flexibility index (Phi) is 9.94. The SMILES string of the molecule is COc1ccc2nc(/C=C\c3ccc(Cl)cc3)nc(N(C(=N)N)C3CCCCC3N)c2c1.Cl.Cl. The van der Waals surface area contributed by atoms with Crippen molar-refractivity contribution in [2.24, 2.45) is 11.5 Å². The summed E-state index contributed by atoms with van der Waals surface area (Å²) < 4.78 is 5.42. The molecule has 10 heteroatoms. The third-order valence-electron chi connectivity index (χ3n) is 5.80. The molecule has 0 spiro atoms. The van der Waals surface area contributed by atoms with Crippen LogP contribution in [0.5, 0.6) is 5.75 Å². The van der Waals surface area contributed by atoms with Gasteiger partial charge in [-0.25, -0.2) is 9.97 Å². The lowest BCUT2D eigenvalue weighted by molar-refractivity contribution is 0.382. The molecule has 1 heterocycles. The molecule has 1 saturated carbocycles. The Morgan fingerprint density at radius 2 is 1.79 bits per heavy atom. The molecule has 5 N–H and O–H groups in total. The second kappa shape index (κ2) is 12.2. The van der Waals surface area contributed by atoms with Crippen molar-refractivity contribution >= 4 is 71.2 Å². The Labute approximate surface area is 216 Å². The summed E-state index contributed by atoms with van der Waals surface area (Å²) in [4.78, 5) is 11.3. The first-order chi connectivity index (χ1) is 15.5. The third-order valence-corrected chi connectivity index (χ3v) is 6.05. The predicted octanol–water partition coefficient (Wildman–Crippen LogP) is 5.28. The normalized spacial score (nSPS) is 17.6. The molecule has 1 aliphatic rings. The lowest BCUT2D eigenvalue weighted by Crippen LogP contribution is -2.54. The predicted molar refractivity (Wildman–Crippen MR) is 146 cm³/mol. The van der Waals surface area contributed by atoms with Crippen molar-refractivity contribution in [3.8, 4) is 5.75 Å². The number of benzene rings is 2. The van der Waals surface area contributed by atoms with E-state index in [2.05, 4.69) is 0 Å². The fourth-order valence-corrected chi connectivity index (χ4v) is 4.28. The number of ether oxygens (including phenoxy) is 1. The molecule has 34 heavy (non-hydrogen) atoms. The Hall–Kier alpha value is -2.58. The van der Waals surface area contributed by atoms with Gasteiger partial charge in [0.1, 0.15) is 11.6 Å². The molecule has 1 aliphatic carbocycles. The van der Waals surface area contributed by atoms with Crippen molar-refractivity contribution < 1.29 is 4.74 Å². The Bertz CT molecular complexity index is 1160. The molecular weight excluding hydrogens is 495 g/mol. The van der Waals surface area contributed by atoms with E-state index in [-0.39, 0.29) is 42.9 Å². The first-order valence-electron chi connectivity index (χ1n) is 10.6. The highest BCUT2D eigenvalue weighted by Crippen LogP contribution is 2.32. The van der Waals surface area contributed by atoms with Crippen LogP contribution in [0.25, 0.3) is 23.1 Å². The summed E-state index contributed by atoms with van der Waals surface area (Å²) >= 11 is 5.98. The van der Waals surface area contributed by atoms with E-state index < -0.39 is 0 Å². The standard InChI is InChI=1S/C24H27ClN6O.2ClH/c1-32-17-11-12-20-18(14-17)23(31(24(27)28)21-5-3-2-4-19(21)26)30-22(29-20)13-8-15-6-9-16(25)10-7-15;;/h6-14,19,21H,2-5,26H2,1H3,(H3,27,28);2*1H/b13-8-;;. The molecule has 182 valence electrons. The van der Waals surface area contributed by atoms with Crippen LogP contribution in [0.4, 0.5) is 5.82 Å². The van der Waals surface area contributed by atoms with Crippen molar-refractivity contribution in [1.82, 2.24) is 9.97 Å². The first kappa shape index (κ1) is 27.7. The van der Waals surface area contributed by atoms with Gasteiger partial charge in [-0.05, 0) is 54.8 Å². The average Bonchev–Trinajstić information content (AvgIpc) is 2.79. The monoisotopic (exact) mass is 522 g/mol. The largest absolute Gasteiger partial charge is 0.497 e. The molecule has 0 bridgehead atoms. The van der Waals surface area contributed by atoms with Gasteiger partial charge in [0.05, 0.1) is 18.7 Å². The van der Waals surface area contributed by atoms with Gasteiger partial charge in [0, 0.05) is 16.5 Å². The maximum Gasteiger partial charge on any atom is 0.194 e. The van der Waals surface area contributed by atoms with Crippen LogP contribution in [0.2, 0.25) is 5.02 Å². The summed E-state index contributed by atoms with van der Waals surface area (Å²) in [7, 11) is 1.62. The lowest BCUT2D eigenvalue weighted by atomic mass is 9.89. The number of guanidine groups is 1. The van der Waals surface area contributed by atoms with E-state index in [0.29, 0.717) is 22.4 Å². The zero-order valence-electron chi connectivity index (χ0n) is 18.8. The van der Waals surface area contributed by atoms with E-state index >= 15 is 0 Å². The first-order valence-corrected chi connectivity index (χ1v) is 11.0. The van der Waals surface area contributed by atoms with E-state index in [0.717, 1.165) is 42.1 Å². The van der Waals surface area contributed by atoms with E-state index in [1.165, 1.54) is 0 Å². The van der Waals surface area contributed by atoms with Crippen LogP contribution in [0.15, 0.2) is 42.5 Å². The molecule has 0 amide bonds. The van der Waals surface area contributed by atoms with Gasteiger partial charge in [0.15, 0.2) is 11.8 Å². The van der Waals surface area contributed by atoms with Gasteiger partial charge >= 0.3 is 0 Å². The highest BCUT2D eigenvalue weighted by molar-refractivity contribution is 6.30. The number of aromatic nitrogens is 2. The number of methoxy groups -OCH3 is 1. The third kappa shape index (κ3) is 6.10. The highest BCUT2D eigenvalue weighted by atomic mass is 35.5. The number of hydrogen-bond acceptors (Lipinski definition) is 5. The zero-order valence-corrected chi connectivity index (χ0v) is 21.2. The molecular formula is C24H29Cl3N6O. The minimum atomic E-state index is -0.0985. The average molecular weight is 524 g/mol. The fraction of sp³-hybridized carbons (Fsp3) is 0.292. The fourth-order valence-electron chi connectivity index (χ4n) is 4.15. The van der Waals surface area contributed by atoms with Gasteiger partial charge in [-0.3, -0.25) is 10.3 Å². The van der Waals surface area contributed by atoms with Crippen LogP contribution in [0, 0.1) is 5.41 Å². The van der Waals surface area contributed by atoms with E-state index in [4.69, 9.17) is 43.2 Å². The van der Waals surface area contributed by atoms with Crippen LogP contribution in [0.3, 0.4) is 0 Å². The molecule has 0 saturated heterocycles. The van der Waals surface area contributed by atoms with Crippen molar-refractivity contribution in [2.75, 3.05) is 12.0 Å². The second-order valence-electron chi connectivity index (χ2n) is 7.94. The summed E-state index contributed by atoms with van der Waals surface area (Å²) in [6, 6.07) is 13.0. The zero-order chi connectivity index (χ0) is 22.7. The highest BCUT2D eigenvalue weighted by Gasteiger charge is 2.32. The number of anilines is 1. The van der Waals surface area contributed by atoms with Gasteiger partial charge < -0.3 is 16.2 Å². The minimum Gasteiger partial charge on any atom is -0.497 e. The van der Waals surface area contributed by atoms with Crippen molar-refractivity contribution in [3.05, 3.63) is 58.9 Å². The number of hydrogen-bond donors (Lipinski definition) is 3. The van der Waals surface area contributed by atoms with Crippen LogP contribution in [0.1, 0.15) is 37.1 Å². The molecule has 4 rings (SSSR count). The van der Waals surface area contributed by atoms with Crippen LogP contribution >= 0.6 is 36.4 Å². The molecule has 2 atom stereocenters. The molecule has 1 aromatic heterocycles. The Morgan fingerprint density at radius 1 is 1.09 bits per heavy atom. The second-order valence-corrected chi connectivity index (χ2v) is 8.38. The van der Waals surface area contributed by atoms with Gasteiger partial charge in [0.2, 0.25) is 0 Å². The minimum absolute atomic E-state index is 0. The van der Waals surface area contributed by atoms with Gasteiger partial charge in [-0.1, -0.05) is 42.7 Å². The summed E-state index contributed by atoms with van der Waals surface area (Å²) in [6.07, 6.45) is 7.63. The number of nitrogens with one attached hydrogen (secondary N) is 1. The number of fused-ring (bicyclic) bond motifs is 1. The molecule has 2 aromatic carbocycles. The van der Waals surface area contributed by atoms with Gasteiger partial charge in [-0.2, -0.15) is 0 Å². The van der Waals surface area contributed by atoms with Crippen molar-refractivity contribution in [2.45, 2.75) is 37.8 Å². The molecule has 7 nitrogen and oxygen atoms in total. The van der Waals surface area contributed by atoms with Gasteiger partial charge in [0.25, 0.3) is 0 Å². The lowest BCUT2D eigenvalue weighted by Gasteiger charge is -2.38. The van der Waals surface area contributed by atoms with Crippen molar-refractivity contribution in [3.63, 3.8) is 0 Å². The van der Waals surface area contributed by atoms with E-state index in [1.54, 1.807) is 12.0 Å². The summed E-state index contributed by atoms with van der Waals surface area (Å²) in [6.45, 7) is 0. The summed E-state index contributed by atoms with van der Waals surface area (Å²) in [5, 5.41) is 9.79. The maximum absolute atomic E-state index is 8.34. The maximum atomic E-state index is 8.34. The topological polar surface area (TPSA) is 114 Å². The quantitative estimate of drug-likeness (QED) is 0.310. The smallest absolute Gasteiger partial charge is 0.194 e. The number of halogens is 3. The van der Waals surface area contributed by atoms with E-state index in [1.807, 2.05) is 54.6 Å². The molecule has 3 aromatic rings. The van der Waals surface area contributed by atoms with Crippen molar-refractivity contribution in [1.29, 1.82) is 5.41 Å². The van der Waals surface area contributed by atoms with E-state index in [9.17, 15) is 0 Å². The van der Waals surface area contributed by atoms with Crippen LogP contribution < -0.4 is 21.1 Å². The molecule has 2 unspecified atom stereocenters.